The van der Waals surface area contributed by atoms with Crippen LogP contribution in [0, 0.1) is 5.92 Å². The maximum atomic E-state index is 11.9. The van der Waals surface area contributed by atoms with E-state index in [4.69, 9.17) is 0 Å². The summed E-state index contributed by atoms with van der Waals surface area (Å²) in [6.07, 6.45) is 3.73. The Kier molecular flexibility index (Phi) is 7.28. The Morgan fingerprint density at radius 2 is 2.17 bits per heavy atom. The lowest BCUT2D eigenvalue weighted by Crippen LogP contribution is -2.49. The number of carbonyl (C=O) groups excluding carboxylic acids is 1. The maximum absolute atomic E-state index is 11.9. The number of nitrogens with zero attached hydrogens (tertiary/aromatic N) is 1. The summed E-state index contributed by atoms with van der Waals surface area (Å²) in [4.78, 5) is 14.2. The minimum absolute atomic E-state index is 0.173. The van der Waals surface area contributed by atoms with E-state index in [9.17, 15) is 4.79 Å². The number of hydrogen-bond acceptors (Lipinski definition) is 3. The molecule has 18 heavy (non-hydrogen) atoms. The van der Waals surface area contributed by atoms with Crippen molar-refractivity contribution in [2.45, 2.75) is 46.1 Å². The van der Waals surface area contributed by atoms with Crippen molar-refractivity contribution in [1.29, 1.82) is 0 Å². The topological polar surface area (TPSA) is 44.4 Å². The van der Waals surface area contributed by atoms with Crippen LogP contribution >= 0.6 is 0 Å². The number of rotatable bonds is 7. The third-order valence-corrected chi connectivity index (χ3v) is 3.43. The van der Waals surface area contributed by atoms with Crippen LogP contribution in [-0.2, 0) is 4.79 Å². The van der Waals surface area contributed by atoms with Gasteiger partial charge in [-0.25, -0.2) is 0 Å². The first-order valence-electron chi connectivity index (χ1n) is 7.35. The van der Waals surface area contributed by atoms with Crippen molar-refractivity contribution in [1.82, 2.24) is 15.5 Å². The van der Waals surface area contributed by atoms with Gasteiger partial charge < -0.3 is 10.6 Å². The van der Waals surface area contributed by atoms with Crippen LogP contribution in [0.3, 0.4) is 0 Å². The molecule has 0 radical (unpaired) electrons. The molecule has 0 aliphatic carbocycles. The molecule has 1 atom stereocenters. The standard InChI is InChI=1S/C14H29N3O/c1-4-15-10-13-7-5-6-8-17(13)11-14(18)16-9-12(2)3/h12-13,15H,4-11H2,1-3H3,(H,16,18). The summed E-state index contributed by atoms with van der Waals surface area (Å²) in [5.41, 5.74) is 0. The van der Waals surface area contributed by atoms with Crippen LogP contribution < -0.4 is 10.6 Å². The van der Waals surface area contributed by atoms with Crippen LogP contribution in [0.15, 0.2) is 0 Å². The lowest BCUT2D eigenvalue weighted by molar-refractivity contribution is -0.123. The number of likely N-dealkylation sites (tertiary alicyclic amines) is 1. The normalized spacial score (nSPS) is 21.2. The molecule has 106 valence electrons. The summed E-state index contributed by atoms with van der Waals surface area (Å²) in [7, 11) is 0. The number of piperidine rings is 1. The number of carbonyl (C=O) groups is 1. The van der Waals surface area contributed by atoms with Gasteiger partial charge in [0.05, 0.1) is 6.54 Å². The van der Waals surface area contributed by atoms with E-state index < -0.39 is 0 Å². The SMILES string of the molecule is CCNCC1CCCCN1CC(=O)NCC(C)C. The molecule has 1 amide bonds. The van der Waals surface area contributed by atoms with Gasteiger partial charge in [0.15, 0.2) is 0 Å². The Balaban J connectivity index is 2.33. The van der Waals surface area contributed by atoms with E-state index in [0.29, 0.717) is 18.5 Å². The second-order valence-electron chi connectivity index (χ2n) is 5.63. The minimum Gasteiger partial charge on any atom is -0.355 e. The number of likely N-dealkylation sites (N-methyl/N-ethyl adjacent to an activating group) is 1. The molecule has 0 spiro atoms. The average molecular weight is 255 g/mol. The van der Waals surface area contributed by atoms with Crippen molar-refractivity contribution in [2.24, 2.45) is 5.92 Å². The van der Waals surface area contributed by atoms with Gasteiger partial charge in [-0.1, -0.05) is 27.2 Å². The first-order chi connectivity index (χ1) is 8.63. The fraction of sp³-hybridized carbons (Fsp3) is 0.929. The molecule has 1 saturated heterocycles. The van der Waals surface area contributed by atoms with E-state index in [1.165, 1.54) is 19.3 Å². The zero-order valence-electron chi connectivity index (χ0n) is 12.2. The highest BCUT2D eigenvalue weighted by atomic mass is 16.2. The predicted molar refractivity (Wildman–Crippen MR) is 75.6 cm³/mol. The predicted octanol–water partition coefficient (Wildman–Crippen LogP) is 1.22. The van der Waals surface area contributed by atoms with Crippen molar-refractivity contribution in [3.8, 4) is 0 Å². The molecule has 1 rings (SSSR count). The molecule has 1 heterocycles. The minimum atomic E-state index is 0.173. The van der Waals surface area contributed by atoms with Crippen molar-refractivity contribution >= 4 is 5.91 Å². The van der Waals surface area contributed by atoms with E-state index in [1.807, 2.05) is 0 Å². The monoisotopic (exact) mass is 255 g/mol. The Morgan fingerprint density at radius 3 is 2.83 bits per heavy atom. The summed E-state index contributed by atoms with van der Waals surface area (Å²) in [6, 6.07) is 0.531. The maximum Gasteiger partial charge on any atom is 0.234 e. The highest BCUT2D eigenvalue weighted by molar-refractivity contribution is 5.78. The quantitative estimate of drug-likeness (QED) is 0.719. The second-order valence-corrected chi connectivity index (χ2v) is 5.63. The van der Waals surface area contributed by atoms with Crippen LogP contribution in [0.25, 0.3) is 0 Å². The highest BCUT2D eigenvalue weighted by Gasteiger charge is 2.23. The van der Waals surface area contributed by atoms with E-state index >= 15 is 0 Å². The molecule has 1 unspecified atom stereocenters. The third-order valence-electron chi connectivity index (χ3n) is 3.43. The Morgan fingerprint density at radius 1 is 1.39 bits per heavy atom. The van der Waals surface area contributed by atoms with Gasteiger partial charge in [0.2, 0.25) is 5.91 Å². The van der Waals surface area contributed by atoms with Crippen LogP contribution in [0.1, 0.15) is 40.0 Å². The van der Waals surface area contributed by atoms with Gasteiger partial charge in [0.25, 0.3) is 0 Å². The van der Waals surface area contributed by atoms with Crippen molar-refractivity contribution < 1.29 is 4.79 Å². The second kappa shape index (κ2) is 8.48. The molecule has 1 aliphatic heterocycles. The van der Waals surface area contributed by atoms with E-state index in [0.717, 1.165) is 26.2 Å². The Labute approximate surface area is 111 Å². The Hall–Kier alpha value is -0.610. The van der Waals surface area contributed by atoms with Gasteiger partial charge in [-0.3, -0.25) is 9.69 Å². The molecule has 4 nitrogen and oxygen atoms in total. The van der Waals surface area contributed by atoms with Gasteiger partial charge in [0.1, 0.15) is 0 Å². The number of nitrogens with one attached hydrogen (secondary N) is 2. The van der Waals surface area contributed by atoms with E-state index in [2.05, 4.69) is 36.3 Å². The molecule has 0 aromatic heterocycles. The Bertz CT molecular complexity index is 243. The molecule has 0 aromatic rings. The molecule has 0 saturated carbocycles. The van der Waals surface area contributed by atoms with Crippen LogP contribution in [0.5, 0.6) is 0 Å². The molecule has 1 aliphatic rings. The van der Waals surface area contributed by atoms with Gasteiger partial charge in [0, 0.05) is 19.1 Å². The molecule has 1 fully saturated rings. The highest BCUT2D eigenvalue weighted by Crippen LogP contribution is 2.15. The van der Waals surface area contributed by atoms with Gasteiger partial charge >= 0.3 is 0 Å². The van der Waals surface area contributed by atoms with Crippen LogP contribution in [0.4, 0.5) is 0 Å². The summed E-state index contributed by atoms with van der Waals surface area (Å²) in [5.74, 6) is 0.694. The fourth-order valence-electron chi connectivity index (χ4n) is 2.37. The van der Waals surface area contributed by atoms with Crippen LogP contribution in [-0.4, -0.2) is 49.6 Å². The smallest absolute Gasteiger partial charge is 0.234 e. The van der Waals surface area contributed by atoms with Gasteiger partial charge in [-0.05, 0) is 31.8 Å². The third kappa shape index (κ3) is 5.83. The number of amides is 1. The van der Waals surface area contributed by atoms with E-state index in [-0.39, 0.29) is 5.91 Å². The van der Waals surface area contributed by atoms with Crippen molar-refractivity contribution in [2.75, 3.05) is 32.7 Å². The molecular formula is C14H29N3O. The number of hydrogen-bond donors (Lipinski definition) is 2. The largest absolute Gasteiger partial charge is 0.355 e. The van der Waals surface area contributed by atoms with Gasteiger partial charge in [-0.15, -0.1) is 0 Å². The summed E-state index contributed by atoms with van der Waals surface area (Å²) >= 11 is 0. The zero-order valence-corrected chi connectivity index (χ0v) is 12.2. The lowest BCUT2D eigenvalue weighted by atomic mass is 10.0. The van der Waals surface area contributed by atoms with E-state index in [1.54, 1.807) is 0 Å². The van der Waals surface area contributed by atoms with Crippen molar-refractivity contribution in [3.63, 3.8) is 0 Å². The summed E-state index contributed by atoms with van der Waals surface area (Å²) in [6.45, 7) is 10.8. The first kappa shape index (κ1) is 15.4. The summed E-state index contributed by atoms with van der Waals surface area (Å²) in [5, 5.41) is 6.40. The molecule has 2 N–H and O–H groups in total. The average Bonchev–Trinajstić information content (AvgIpc) is 2.35. The molecule has 0 aromatic carbocycles. The van der Waals surface area contributed by atoms with Gasteiger partial charge in [-0.2, -0.15) is 0 Å². The first-order valence-corrected chi connectivity index (χ1v) is 7.35. The zero-order chi connectivity index (χ0) is 13.4. The molecular weight excluding hydrogens is 226 g/mol. The van der Waals surface area contributed by atoms with Crippen molar-refractivity contribution in [3.05, 3.63) is 0 Å². The molecule has 4 heteroatoms. The molecule has 0 bridgehead atoms. The lowest BCUT2D eigenvalue weighted by Gasteiger charge is -2.35. The van der Waals surface area contributed by atoms with Crippen LogP contribution in [0.2, 0.25) is 0 Å². The fourth-order valence-corrected chi connectivity index (χ4v) is 2.37. The summed E-state index contributed by atoms with van der Waals surface area (Å²) < 4.78 is 0.